The molecule has 3 amide bonds. The highest BCUT2D eigenvalue weighted by molar-refractivity contribution is 6.23. The Morgan fingerprint density at radius 2 is 1.93 bits per heavy atom. The molecule has 0 radical (unpaired) electrons. The lowest BCUT2D eigenvalue weighted by molar-refractivity contribution is -0.274. The lowest BCUT2D eigenvalue weighted by Crippen LogP contribution is -2.46. The van der Waals surface area contributed by atoms with Crippen LogP contribution in [0.15, 0.2) is 42.6 Å². The van der Waals surface area contributed by atoms with Crippen LogP contribution in [0.2, 0.25) is 0 Å². The van der Waals surface area contributed by atoms with E-state index >= 15 is 0 Å². The number of alkyl halides is 3. The number of rotatable bonds is 5. The maximum absolute atomic E-state index is 12.9. The van der Waals surface area contributed by atoms with Crippen molar-refractivity contribution in [2.75, 3.05) is 4.90 Å². The van der Waals surface area contributed by atoms with Gasteiger partial charge >= 0.3 is 12.4 Å². The Kier molecular flexibility index (Phi) is 4.91. The monoisotopic (exact) mass is 407 g/mol. The van der Waals surface area contributed by atoms with Gasteiger partial charge in [-0.2, -0.15) is 0 Å². The second-order valence-electron chi connectivity index (χ2n) is 6.58. The van der Waals surface area contributed by atoms with E-state index in [-0.39, 0.29) is 23.6 Å². The molecule has 1 atom stereocenters. The SMILES string of the molecule is CC1(Cc2ccnc(C(=N)N)c2)NC(=O)N(c2ccc(OC(F)(F)F)cc2)C1=O. The summed E-state index contributed by atoms with van der Waals surface area (Å²) < 4.78 is 40.6. The minimum absolute atomic E-state index is 0.102. The number of aromatic nitrogens is 1. The van der Waals surface area contributed by atoms with Gasteiger partial charge in [0.05, 0.1) is 5.69 Å². The molecular formula is C18H16F3N5O3. The van der Waals surface area contributed by atoms with Crippen LogP contribution in [-0.2, 0) is 11.2 Å². The summed E-state index contributed by atoms with van der Waals surface area (Å²) >= 11 is 0. The maximum Gasteiger partial charge on any atom is 0.573 e. The highest BCUT2D eigenvalue weighted by Crippen LogP contribution is 2.30. The molecule has 11 heteroatoms. The molecule has 29 heavy (non-hydrogen) atoms. The Morgan fingerprint density at radius 3 is 2.52 bits per heavy atom. The third-order valence-corrected chi connectivity index (χ3v) is 4.25. The molecule has 1 aliphatic heterocycles. The number of hydrogen-bond acceptors (Lipinski definition) is 5. The molecule has 1 saturated heterocycles. The number of imide groups is 1. The smallest absolute Gasteiger partial charge is 0.406 e. The quantitative estimate of drug-likeness (QED) is 0.399. The van der Waals surface area contributed by atoms with Gasteiger partial charge in [-0.15, -0.1) is 13.2 Å². The van der Waals surface area contributed by atoms with Gasteiger partial charge in [0.25, 0.3) is 5.91 Å². The average Bonchev–Trinajstić information content (AvgIpc) is 2.83. The summed E-state index contributed by atoms with van der Waals surface area (Å²) in [6, 6.07) is 6.86. The third kappa shape index (κ3) is 4.28. The first-order chi connectivity index (χ1) is 13.5. The van der Waals surface area contributed by atoms with E-state index in [0.29, 0.717) is 5.56 Å². The molecule has 2 aromatic rings. The normalized spacial score (nSPS) is 19.2. The van der Waals surface area contributed by atoms with Crippen LogP contribution in [0.3, 0.4) is 0 Å². The van der Waals surface area contributed by atoms with Crippen molar-refractivity contribution in [3.8, 4) is 5.75 Å². The number of pyridine rings is 1. The number of nitrogen functional groups attached to an aromatic ring is 1. The summed E-state index contributed by atoms with van der Waals surface area (Å²) in [6.45, 7) is 1.53. The number of nitrogens with zero attached hydrogens (tertiary/aromatic N) is 2. The fourth-order valence-electron chi connectivity index (χ4n) is 2.98. The Bertz CT molecular complexity index is 977. The third-order valence-electron chi connectivity index (χ3n) is 4.25. The molecule has 1 aromatic carbocycles. The summed E-state index contributed by atoms with van der Waals surface area (Å²) in [6.07, 6.45) is -3.30. The molecule has 3 rings (SSSR count). The van der Waals surface area contributed by atoms with Crippen LogP contribution in [0.5, 0.6) is 5.75 Å². The number of benzene rings is 1. The molecule has 2 heterocycles. The largest absolute Gasteiger partial charge is 0.573 e. The van der Waals surface area contributed by atoms with Crippen molar-refractivity contribution >= 4 is 23.5 Å². The molecule has 4 N–H and O–H groups in total. The molecule has 152 valence electrons. The Hall–Kier alpha value is -3.63. The minimum Gasteiger partial charge on any atom is -0.406 e. The van der Waals surface area contributed by atoms with Gasteiger partial charge < -0.3 is 15.8 Å². The molecule has 1 aliphatic rings. The second kappa shape index (κ2) is 7.08. The number of amidine groups is 1. The number of ether oxygens (including phenoxy) is 1. The minimum atomic E-state index is -4.84. The standard InChI is InChI=1S/C18H16F3N5O3/c1-17(9-10-6-7-24-13(8-10)14(22)23)15(27)26(16(28)25-17)11-2-4-12(5-3-11)29-18(19,20)21/h2-8H,9H2,1H3,(H3,22,23)(H,25,28). The number of amides is 3. The molecule has 1 unspecified atom stereocenters. The van der Waals surface area contributed by atoms with Crippen molar-refractivity contribution in [1.82, 2.24) is 10.3 Å². The van der Waals surface area contributed by atoms with Crippen LogP contribution >= 0.6 is 0 Å². The van der Waals surface area contributed by atoms with Crippen LogP contribution in [0.1, 0.15) is 18.2 Å². The van der Waals surface area contributed by atoms with Gasteiger partial charge in [0.1, 0.15) is 22.8 Å². The molecular weight excluding hydrogens is 391 g/mol. The van der Waals surface area contributed by atoms with Crippen LogP contribution in [0.4, 0.5) is 23.7 Å². The van der Waals surface area contributed by atoms with E-state index in [1.165, 1.54) is 25.3 Å². The Labute approximate surface area is 163 Å². The number of nitrogens with one attached hydrogen (secondary N) is 2. The van der Waals surface area contributed by atoms with Crippen LogP contribution in [0.25, 0.3) is 0 Å². The first-order valence-corrected chi connectivity index (χ1v) is 8.30. The first-order valence-electron chi connectivity index (χ1n) is 8.30. The molecule has 1 aromatic heterocycles. The van der Waals surface area contributed by atoms with E-state index in [0.717, 1.165) is 17.0 Å². The fraction of sp³-hybridized carbons (Fsp3) is 0.222. The number of carbonyl (C=O) groups excluding carboxylic acids is 2. The van der Waals surface area contributed by atoms with Gasteiger partial charge in [0.2, 0.25) is 0 Å². The van der Waals surface area contributed by atoms with Crippen LogP contribution in [0, 0.1) is 5.41 Å². The van der Waals surface area contributed by atoms with E-state index in [1.807, 2.05) is 0 Å². The summed E-state index contributed by atoms with van der Waals surface area (Å²) in [7, 11) is 0. The molecule has 0 saturated carbocycles. The van der Waals surface area contributed by atoms with Crippen molar-refractivity contribution in [1.29, 1.82) is 5.41 Å². The average molecular weight is 407 g/mol. The topological polar surface area (TPSA) is 121 Å². The van der Waals surface area contributed by atoms with Gasteiger partial charge in [-0.25, -0.2) is 9.69 Å². The van der Waals surface area contributed by atoms with Gasteiger partial charge in [-0.05, 0) is 48.9 Å². The highest BCUT2D eigenvalue weighted by atomic mass is 19.4. The number of carbonyl (C=O) groups is 2. The van der Waals surface area contributed by atoms with Crippen molar-refractivity contribution in [2.24, 2.45) is 5.73 Å². The highest BCUT2D eigenvalue weighted by Gasteiger charge is 2.48. The molecule has 0 bridgehead atoms. The van der Waals surface area contributed by atoms with Crippen molar-refractivity contribution in [2.45, 2.75) is 25.2 Å². The number of hydrogen-bond donors (Lipinski definition) is 3. The predicted octanol–water partition coefficient (Wildman–Crippen LogP) is 2.32. The summed E-state index contributed by atoms with van der Waals surface area (Å²) in [5.41, 5.74) is 5.08. The summed E-state index contributed by atoms with van der Waals surface area (Å²) in [4.78, 5) is 30.1. The zero-order chi connectivity index (χ0) is 21.4. The van der Waals surface area contributed by atoms with E-state index in [4.69, 9.17) is 11.1 Å². The zero-order valence-electron chi connectivity index (χ0n) is 15.1. The van der Waals surface area contributed by atoms with E-state index in [2.05, 4.69) is 15.0 Å². The van der Waals surface area contributed by atoms with Gasteiger partial charge in [-0.3, -0.25) is 15.2 Å². The number of anilines is 1. The summed E-state index contributed by atoms with van der Waals surface area (Å²) in [5, 5.41) is 10.0. The molecule has 0 aliphatic carbocycles. The lowest BCUT2D eigenvalue weighted by Gasteiger charge is -2.22. The molecule has 8 nitrogen and oxygen atoms in total. The fourth-order valence-corrected chi connectivity index (χ4v) is 2.98. The second-order valence-corrected chi connectivity index (χ2v) is 6.58. The lowest BCUT2D eigenvalue weighted by atomic mass is 9.93. The van der Waals surface area contributed by atoms with Gasteiger partial charge in [0, 0.05) is 12.6 Å². The van der Waals surface area contributed by atoms with E-state index < -0.39 is 29.6 Å². The number of urea groups is 1. The zero-order valence-corrected chi connectivity index (χ0v) is 15.1. The predicted molar refractivity (Wildman–Crippen MR) is 96.5 cm³/mol. The van der Waals surface area contributed by atoms with Crippen LogP contribution in [-0.4, -0.2) is 34.7 Å². The van der Waals surface area contributed by atoms with E-state index in [1.54, 1.807) is 12.1 Å². The first kappa shape index (κ1) is 20.1. The maximum atomic E-state index is 12.9. The Morgan fingerprint density at radius 1 is 1.28 bits per heavy atom. The summed E-state index contributed by atoms with van der Waals surface area (Å²) in [5.74, 6) is -1.28. The van der Waals surface area contributed by atoms with Crippen molar-refractivity contribution in [3.63, 3.8) is 0 Å². The van der Waals surface area contributed by atoms with Crippen LogP contribution < -0.4 is 20.7 Å². The van der Waals surface area contributed by atoms with E-state index in [9.17, 15) is 22.8 Å². The van der Waals surface area contributed by atoms with Crippen molar-refractivity contribution < 1.29 is 27.5 Å². The van der Waals surface area contributed by atoms with Gasteiger partial charge in [-0.1, -0.05) is 0 Å². The Balaban J connectivity index is 1.82. The molecule has 0 spiro atoms. The number of nitrogens with two attached hydrogens (primary N) is 1. The van der Waals surface area contributed by atoms with Crippen molar-refractivity contribution in [3.05, 3.63) is 53.9 Å². The molecule has 1 fully saturated rings. The van der Waals surface area contributed by atoms with Gasteiger partial charge in [0.15, 0.2) is 0 Å². The number of halogens is 3.